The zero-order valence-corrected chi connectivity index (χ0v) is 13.8. The highest BCUT2D eigenvalue weighted by atomic mass is 35.5. The molecule has 1 saturated carbocycles. The Morgan fingerprint density at radius 3 is 3.05 bits per heavy atom. The lowest BCUT2D eigenvalue weighted by Crippen LogP contribution is -2.43. The SMILES string of the molecule is O=C(NC1CC1)C1CCCN(c2nc3ccc(Cl)cc3s2)C1. The monoisotopic (exact) mass is 335 g/mol. The summed E-state index contributed by atoms with van der Waals surface area (Å²) in [5, 5.41) is 4.87. The van der Waals surface area contributed by atoms with Gasteiger partial charge in [-0.05, 0) is 43.9 Å². The van der Waals surface area contributed by atoms with Gasteiger partial charge in [-0.1, -0.05) is 22.9 Å². The van der Waals surface area contributed by atoms with Crippen molar-refractivity contribution in [3.8, 4) is 0 Å². The van der Waals surface area contributed by atoms with Crippen LogP contribution in [0, 0.1) is 5.92 Å². The van der Waals surface area contributed by atoms with E-state index in [4.69, 9.17) is 16.6 Å². The number of rotatable bonds is 3. The number of halogens is 1. The molecule has 1 atom stereocenters. The minimum absolute atomic E-state index is 0.0879. The van der Waals surface area contributed by atoms with Crippen LogP contribution in [0.5, 0.6) is 0 Å². The van der Waals surface area contributed by atoms with Crippen LogP contribution in [0.1, 0.15) is 25.7 Å². The van der Waals surface area contributed by atoms with Crippen molar-refractivity contribution in [3.63, 3.8) is 0 Å². The van der Waals surface area contributed by atoms with Crippen molar-refractivity contribution in [1.82, 2.24) is 10.3 Å². The summed E-state index contributed by atoms with van der Waals surface area (Å²) >= 11 is 7.70. The standard InChI is InChI=1S/C16H18ClN3OS/c17-11-3-6-13-14(8-11)22-16(19-13)20-7-1-2-10(9-20)15(21)18-12-4-5-12/h3,6,8,10,12H,1-2,4-5,7,9H2,(H,18,21). The lowest BCUT2D eigenvalue weighted by atomic mass is 9.97. The van der Waals surface area contributed by atoms with Crippen LogP contribution in [-0.2, 0) is 4.79 Å². The number of nitrogens with zero attached hydrogens (tertiary/aromatic N) is 2. The van der Waals surface area contributed by atoms with E-state index >= 15 is 0 Å². The Morgan fingerprint density at radius 2 is 2.23 bits per heavy atom. The molecule has 2 fully saturated rings. The molecular formula is C16H18ClN3OS. The molecule has 22 heavy (non-hydrogen) atoms. The average Bonchev–Trinajstić information content (AvgIpc) is 3.23. The van der Waals surface area contributed by atoms with Gasteiger partial charge in [-0.3, -0.25) is 4.79 Å². The molecule has 1 aromatic heterocycles. The van der Waals surface area contributed by atoms with E-state index in [1.807, 2.05) is 18.2 Å². The molecule has 1 saturated heterocycles. The van der Waals surface area contributed by atoms with Crippen molar-refractivity contribution < 1.29 is 4.79 Å². The van der Waals surface area contributed by atoms with E-state index in [-0.39, 0.29) is 11.8 Å². The van der Waals surface area contributed by atoms with E-state index in [0.29, 0.717) is 6.04 Å². The van der Waals surface area contributed by atoms with Crippen molar-refractivity contribution in [1.29, 1.82) is 0 Å². The maximum Gasteiger partial charge on any atom is 0.225 e. The number of benzene rings is 1. The van der Waals surface area contributed by atoms with Gasteiger partial charge in [0.2, 0.25) is 5.91 Å². The molecule has 1 unspecified atom stereocenters. The summed E-state index contributed by atoms with van der Waals surface area (Å²) in [6.45, 7) is 1.74. The summed E-state index contributed by atoms with van der Waals surface area (Å²) in [5.74, 6) is 0.307. The molecule has 2 aromatic rings. The Kier molecular flexibility index (Phi) is 3.70. The van der Waals surface area contributed by atoms with Gasteiger partial charge in [-0.15, -0.1) is 0 Å². The molecule has 2 aliphatic rings. The van der Waals surface area contributed by atoms with Gasteiger partial charge >= 0.3 is 0 Å². The topological polar surface area (TPSA) is 45.2 Å². The molecule has 6 heteroatoms. The Hall–Kier alpha value is -1.33. The van der Waals surface area contributed by atoms with Gasteiger partial charge in [-0.25, -0.2) is 4.98 Å². The van der Waals surface area contributed by atoms with Gasteiger partial charge in [0.1, 0.15) is 0 Å². The summed E-state index contributed by atoms with van der Waals surface area (Å²) in [6, 6.07) is 6.22. The van der Waals surface area contributed by atoms with Gasteiger partial charge < -0.3 is 10.2 Å². The summed E-state index contributed by atoms with van der Waals surface area (Å²) in [4.78, 5) is 19.2. The Balaban J connectivity index is 1.51. The Morgan fingerprint density at radius 1 is 1.36 bits per heavy atom. The molecule has 1 aromatic carbocycles. The van der Waals surface area contributed by atoms with Gasteiger partial charge in [0.25, 0.3) is 0 Å². The van der Waals surface area contributed by atoms with Crippen LogP contribution in [-0.4, -0.2) is 30.0 Å². The molecule has 2 heterocycles. The van der Waals surface area contributed by atoms with Crippen LogP contribution < -0.4 is 10.2 Å². The molecular weight excluding hydrogens is 318 g/mol. The normalized spacial score (nSPS) is 22.0. The number of carbonyl (C=O) groups is 1. The smallest absolute Gasteiger partial charge is 0.225 e. The summed E-state index contributed by atoms with van der Waals surface area (Å²) in [6.07, 6.45) is 4.30. The highest BCUT2D eigenvalue weighted by molar-refractivity contribution is 7.22. The summed E-state index contributed by atoms with van der Waals surface area (Å²) < 4.78 is 1.10. The first-order chi connectivity index (χ1) is 10.7. The van der Waals surface area contributed by atoms with Gasteiger partial charge in [0.05, 0.1) is 16.1 Å². The van der Waals surface area contributed by atoms with E-state index in [0.717, 1.165) is 59.1 Å². The van der Waals surface area contributed by atoms with Crippen molar-refractivity contribution in [3.05, 3.63) is 23.2 Å². The van der Waals surface area contributed by atoms with E-state index in [1.165, 1.54) is 0 Å². The first-order valence-corrected chi connectivity index (χ1v) is 9.00. The van der Waals surface area contributed by atoms with Crippen LogP contribution in [0.15, 0.2) is 18.2 Å². The predicted octanol–water partition coefficient (Wildman–Crippen LogP) is 3.44. The third kappa shape index (κ3) is 2.92. The largest absolute Gasteiger partial charge is 0.353 e. The summed E-state index contributed by atoms with van der Waals surface area (Å²) in [5.41, 5.74) is 0.981. The van der Waals surface area contributed by atoms with Crippen molar-refractivity contribution >= 4 is 44.2 Å². The highest BCUT2D eigenvalue weighted by Crippen LogP contribution is 2.33. The molecule has 0 spiro atoms. The molecule has 1 amide bonds. The van der Waals surface area contributed by atoms with E-state index in [1.54, 1.807) is 11.3 Å². The highest BCUT2D eigenvalue weighted by Gasteiger charge is 2.31. The zero-order valence-electron chi connectivity index (χ0n) is 12.2. The molecule has 1 aliphatic carbocycles. The van der Waals surface area contributed by atoms with Crippen LogP contribution in [0.25, 0.3) is 10.2 Å². The fraction of sp³-hybridized carbons (Fsp3) is 0.500. The fourth-order valence-corrected chi connectivity index (χ4v) is 4.21. The number of aromatic nitrogens is 1. The number of hydrogen-bond acceptors (Lipinski definition) is 4. The predicted molar refractivity (Wildman–Crippen MR) is 90.7 cm³/mol. The lowest BCUT2D eigenvalue weighted by Gasteiger charge is -2.31. The number of nitrogens with one attached hydrogen (secondary N) is 1. The van der Waals surface area contributed by atoms with Crippen molar-refractivity contribution in [2.24, 2.45) is 5.92 Å². The second-order valence-electron chi connectivity index (χ2n) is 6.18. The van der Waals surface area contributed by atoms with Crippen molar-refractivity contribution in [2.75, 3.05) is 18.0 Å². The number of piperidine rings is 1. The third-order valence-corrected chi connectivity index (χ3v) is 5.64. The van der Waals surface area contributed by atoms with Crippen LogP contribution >= 0.6 is 22.9 Å². The minimum Gasteiger partial charge on any atom is -0.353 e. The fourth-order valence-electron chi connectivity index (χ4n) is 2.93. The molecule has 4 rings (SSSR count). The van der Waals surface area contributed by atoms with Gasteiger partial charge in [0, 0.05) is 24.2 Å². The number of carbonyl (C=O) groups excluding carboxylic acids is 1. The number of amides is 1. The number of hydrogen-bond donors (Lipinski definition) is 1. The first kappa shape index (κ1) is 14.3. The maximum absolute atomic E-state index is 12.3. The molecule has 0 radical (unpaired) electrons. The first-order valence-electron chi connectivity index (χ1n) is 7.80. The Labute approximate surface area is 138 Å². The zero-order chi connectivity index (χ0) is 15.1. The minimum atomic E-state index is 0.0879. The van der Waals surface area contributed by atoms with Gasteiger partial charge in [-0.2, -0.15) is 0 Å². The molecule has 4 nitrogen and oxygen atoms in total. The van der Waals surface area contributed by atoms with E-state index in [2.05, 4.69) is 10.2 Å². The second kappa shape index (κ2) is 5.70. The second-order valence-corrected chi connectivity index (χ2v) is 7.62. The van der Waals surface area contributed by atoms with Crippen LogP contribution in [0.4, 0.5) is 5.13 Å². The number of thiazole rings is 1. The van der Waals surface area contributed by atoms with Gasteiger partial charge in [0.15, 0.2) is 5.13 Å². The molecule has 0 bridgehead atoms. The Bertz CT molecular complexity index is 712. The molecule has 116 valence electrons. The maximum atomic E-state index is 12.3. The van der Waals surface area contributed by atoms with E-state index in [9.17, 15) is 4.79 Å². The average molecular weight is 336 g/mol. The van der Waals surface area contributed by atoms with E-state index < -0.39 is 0 Å². The molecule has 1 N–H and O–H groups in total. The van der Waals surface area contributed by atoms with Crippen LogP contribution in [0.3, 0.4) is 0 Å². The number of anilines is 1. The molecule has 1 aliphatic heterocycles. The summed E-state index contributed by atoms with van der Waals surface area (Å²) in [7, 11) is 0. The quantitative estimate of drug-likeness (QED) is 0.934. The third-order valence-electron chi connectivity index (χ3n) is 4.33. The lowest BCUT2D eigenvalue weighted by molar-refractivity contribution is -0.125. The number of fused-ring (bicyclic) bond motifs is 1. The van der Waals surface area contributed by atoms with Crippen molar-refractivity contribution in [2.45, 2.75) is 31.7 Å². The van der Waals surface area contributed by atoms with Crippen LogP contribution in [0.2, 0.25) is 5.02 Å².